The van der Waals surface area contributed by atoms with E-state index in [0.717, 1.165) is 15.7 Å². The lowest BCUT2D eigenvalue weighted by atomic mass is 10.1. The zero-order valence-electron chi connectivity index (χ0n) is 12.5. The van der Waals surface area contributed by atoms with E-state index in [1.807, 2.05) is 36.9 Å². The number of carbonyl (C=O) groups is 1. The van der Waals surface area contributed by atoms with Crippen LogP contribution in [0.1, 0.15) is 26.3 Å². The van der Waals surface area contributed by atoms with Gasteiger partial charge in [-0.1, -0.05) is 13.0 Å². The summed E-state index contributed by atoms with van der Waals surface area (Å²) in [6.07, 6.45) is 0. The molecule has 20 heavy (non-hydrogen) atoms. The summed E-state index contributed by atoms with van der Waals surface area (Å²) < 4.78 is 0.872. The quantitative estimate of drug-likeness (QED) is 0.835. The first-order valence-electron chi connectivity index (χ1n) is 6.72. The lowest BCUT2D eigenvalue weighted by Crippen LogP contribution is -2.42. The number of benzene rings is 1. The highest BCUT2D eigenvalue weighted by molar-refractivity contribution is 9.10. The highest BCUT2D eigenvalue weighted by atomic mass is 79.9. The highest BCUT2D eigenvalue weighted by Gasteiger charge is 2.19. The number of aryl methyl sites for hydroxylation is 1. The predicted octanol–water partition coefficient (Wildman–Crippen LogP) is 2.79. The molecule has 0 fully saturated rings. The van der Waals surface area contributed by atoms with Crippen molar-refractivity contribution in [1.82, 2.24) is 4.90 Å². The van der Waals surface area contributed by atoms with Crippen LogP contribution in [0.2, 0.25) is 0 Å². The molecule has 112 valence electrons. The van der Waals surface area contributed by atoms with Gasteiger partial charge in [0.05, 0.1) is 17.8 Å². The van der Waals surface area contributed by atoms with E-state index in [1.165, 1.54) is 0 Å². The minimum absolute atomic E-state index is 0.0827. The van der Waals surface area contributed by atoms with Gasteiger partial charge in [-0.05, 0) is 60.9 Å². The van der Waals surface area contributed by atoms with Crippen LogP contribution in [0.3, 0.4) is 0 Å². The maximum atomic E-state index is 12.0. The average molecular weight is 343 g/mol. The summed E-state index contributed by atoms with van der Waals surface area (Å²) in [6.45, 7) is 8.90. The number of likely N-dealkylation sites (N-methyl/N-ethyl adjacent to an activating group) is 1. The second-order valence-electron chi connectivity index (χ2n) is 5.65. The smallest absolute Gasteiger partial charge is 0.238 e. The van der Waals surface area contributed by atoms with E-state index in [1.54, 1.807) is 13.8 Å². The molecule has 0 heterocycles. The van der Waals surface area contributed by atoms with Crippen molar-refractivity contribution in [3.05, 3.63) is 28.2 Å². The van der Waals surface area contributed by atoms with Gasteiger partial charge in [-0.2, -0.15) is 0 Å². The summed E-state index contributed by atoms with van der Waals surface area (Å²) in [5.74, 6) is -0.0827. The first kappa shape index (κ1) is 17.1. The molecule has 1 aromatic carbocycles. The standard InChI is InChI=1S/C15H23BrN2O2/c1-5-18(10-15(3,4)20)9-14(19)17-13-7-6-11(2)8-12(13)16/h6-8,20H,5,9-10H2,1-4H3,(H,17,19). The van der Waals surface area contributed by atoms with E-state index < -0.39 is 5.60 Å². The number of nitrogens with zero attached hydrogens (tertiary/aromatic N) is 1. The number of anilines is 1. The zero-order chi connectivity index (χ0) is 15.3. The van der Waals surface area contributed by atoms with Gasteiger partial charge in [-0.25, -0.2) is 0 Å². The number of rotatable bonds is 6. The maximum absolute atomic E-state index is 12.0. The van der Waals surface area contributed by atoms with Gasteiger partial charge in [-0.3, -0.25) is 9.69 Å². The fraction of sp³-hybridized carbons (Fsp3) is 0.533. The molecule has 0 aliphatic heterocycles. The molecule has 0 aromatic heterocycles. The van der Waals surface area contributed by atoms with Gasteiger partial charge in [0.15, 0.2) is 0 Å². The third-order valence-corrected chi connectivity index (χ3v) is 3.48. The van der Waals surface area contributed by atoms with Gasteiger partial charge in [0.1, 0.15) is 0 Å². The monoisotopic (exact) mass is 342 g/mol. The van der Waals surface area contributed by atoms with E-state index in [-0.39, 0.29) is 12.5 Å². The zero-order valence-corrected chi connectivity index (χ0v) is 14.1. The largest absolute Gasteiger partial charge is 0.389 e. The summed E-state index contributed by atoms with van der Waals surface area (Å²) in [6, 6.07) is 5.79. The van der Waals surface area contributed by atoms with Gasteiger partial charge in [-0.15, -0.1) is 0 Å². The van der Waals surface area contributed by atoms with Crippen molar-refractivity contribution < 1.29 is 9.90 Å². The summed E-state index contributed by atoms with van der Waals surface area (Å²) in [7, 11) is 0. The van der Waals surface area contributed by atoms with Crippen LogP contribution in [0.15, 0.2) is 22.7 Å². The molecule has 0 bridgehead atoms. The number of hydrogen-bond acceptors (Lipinski definition) is 3. The van der Waals surface area contributed by atoms with Crippen LogP contribution < -0.4 is 5.32 Å². The Morgan fingerprint density at radius 3 is 2.60 bits per heavy atom. The third kappa shape index (κ3) is 6.03. The lowest BCUT2D eigenvalue weighted by molar-refractivity contribution is -0.117. The van der Waals surface area contributed by atoms with Crippen LogP contribution in [-0.2, 0) is 4.79 Å². The Morgan fingerprint density at radius 1 is 1.45 bits per heavy atom. The number of nitrogens with one attached hydrogen (secondary N) is 1. The molecule has 0 aliphatic carbocycles. The summed E-state index contributed by atoms with van der Waals surface area (Å²) in [4.78, 5) is 14.0. The van der Waals surface area contributed by atoms with Crippen LogP contribution in [0.4, 0.5) is 5.69 Å². The lowest BCUT2D eigenvalue weighted by Gasteiger charge is -2.27. The Labute approximate surface area is 129 Å². The molecule has 0 saturated heterocycles. The normalized spacial score (nSPS) is 11.8. The number of hydrogen-bond donors (Lipinski definition) is 2. The van der Waals surface area contributed by atoms with Crippen molar-refractivity contribution in [2.75, 3.05) is 25.0 Å². The Balaban J connectivity index is 2.62. The minimum atomic E-state index is -0.805. The van der Waals surface area contributed by atoms with Crippen LogP contribution in [0.25, 0.3) is 0 Å². The first-order chi connectivity index (χ1) is 9.21. The van der Waals surface area contributed by atoms with Crippen LogP contribution in [-0.4, -0.2) is 41.1 Å². The molecular weight excluding hydrogens is 320 g/mol. The summed E-state index contributed by atoms with van der Waals surface area (Å²) in [5, 5.41) is 12.7. The minimum Gasteiger partial charge on any atom is -0.389 e. The summed E-state index contributed by atoms with van der Waals surface area (Å²) >= 11 is 3.44. The number of carbonyl (C=O) groups excluding carboxylic acids is 1. The molecule has 0 aliphatic rings. The van der Waals surface area contributed by atoms with E-state index in [9.17, 15) is 9.90 Å². The second-order valence-corrected chi connectivity index (χ2v) is 6.50. The van der Waals surface area contributed by atoms with E-state index >= 15 is 0 Å². The van der Waals surface area contributed by atoms with Gasteiger partial charge in [0.25, 0.3) is 0 Å². The van der Waals surface area contributed by atoms with Gasteiger partial charge in [0.2, 0.25) is 5.91 Å². The SMILES string of the molecule is CCN(CC(=O)Nc1ccc(C)cc1Br)CC(C)(C)O. The van der Waals surface area contributed by atoms with Crippen molar-refractivity contribution in [2.24, 2.45) is 0 Å². The Bertz CT molecular complexity index is 469. The van der Waals surface area contributed by atoms with E-state index in [2.05, 4.69) is 21.2 Å². The van der Waals surface area contributed by atoms with Gasteiger partial charge < -0.3 is 10.4 Å². The van der Waals surface area contributed by atoms with Crippen LogP contribution >= 0.6 is 15.9 Å². The molecule has 0 radical (unpaired) electrons. The van der Waals surface area contributed by atoms with E-state index in [4.69, 9.17) is 0 Å². The molecule has 1 aromatic rings. The van der Waals surface area contributed by atoms with Crippen molar-refractivity contribution in [2.45, 2.75) is 33.3 Å². The number of aliphatic hydroxyl groups is 1. The fourth-order valence-electron chi connectivity index (χ4n) is 1.94. The predicted molar refractivity (Wildman–Crippen MR) is 85.9 cm³/mol. The van der Waals surface area contributed by atoms with Crippen molar-refractivity contribution in [3.63, 3.8) is 0 Å². The molecule has 1 rings (SSSR count). The molecular formula is C15H23BrN2O2. The Morgan fingerprint density at radius 2 is 2.10 bits per heavy atom. The third-order valence-electron chi connectivity index (χ3n) is 2.82. The molecule has 4 nitrogen and oxygen atoms in total. The van der Waals surface area contributed by atoms with Crippen LogP contribution in [0.5, 0.6) is 0 Å². The van der Waals surface area contributed by atoms with Crippen LogP contribution in [0, 0.1) is 6.92 Å². The molecule has 2 N–H and O–H groups in total. The Hall–Kier alpha value is -0.910. The van der Waals surface area contributed by atoms with E-state index in [0.29, 0.717) is 13.1 Å². The van der Waals surface area contributed by atoms with Gasteiger partial charge in [0, 0.05) is 11.0 Å². The topological polar surface area (TPSA) is 52.6 Å². The average Bonchev–Trinajstić information content (AvgIpc) is 2.30. The molecule has 0 spiro atoms. The fourth-order valence-corrected chi connectivity index (χ4v) is 2.53. The maximum Gasteiger partial charge on any atom is 0.238 e. The molecule has 5 heteroatoms. The molecule has 1 amide bonds. The van der Waals surface area contributed by atoms with Crippen molar-refractivity contribution >= 4 is 27.5 Å². The van der Waals surface area contributed by atoms with Crippen molar-refractivity contribution in [3.8, 4) is 0 Å². The molecule has 0 atom stereocenters. The Kier molecular flexibility index (Phi) is 6.17. The highest BCUT2D eigenvalue weighted by Crippen LogP contribution is 2.23. The molecule has 0 unspecified atom stereocenters. The second kappa shape index (κ2) is 7.20. The number of amides is 1. The molecule has 0 saturated carbocycles. The van der Waals surface area contributed by atoms with Gasteiger partial charge >= 0.3 is 0 Å². The first-order valence-corrected chi connectivity index (χ1v) is 7.51. The summed E-state index contributed by atoms with van der Waals surface area (Å²) in [5.41, 5.74) is 1.09. The number of halogens is 1. The van der Waals surface area contributed by atoms with Crippen molar-refractivity contribution in [1.29, 1.82) is 0 Å².